The van der Waals surface area contributed by atoms with Gasteiger partial charge in [-0.25, -0.2) is 9.78 Å². The molecular formula is C12H19N3O3S. The Balaban J connectivity index is 2.37. The Morgan fingerprint density at radius 1 is 1.47 bits per heavy atom. The van der Waals surface area contributed by atoms with Gasteiger partial charge < -0.3 is 15.4 Å². The fourth-order valence-electron chi connectivity index (χ4n) is 1.36. The van der Waals surface area contributed by atoms with Crippen LogP contribution < -0.4 is 10.6 Å². The van der Waals surface area contributed by atoms with E-state index in [4.69, 9.17) is 4.74 Å². The minimum atomic E-state index is -0.451. The minimum absolute atomic E-state index is 0.134. The fourth-order valence-corrected chi connectivity index (χ4v) is 2.22. The number of aryl methyl sites for hydroxylation is 1. The molecule has 1 aromatic heterocycles. The summed E-state index contributed by atoms with van der Waals surface area (Å²) in [7, 11) is 0. The number of esters is 1. The number of hydrogen-bond donors (Lipinski definition) is 2. The van der Waals surface area contributed by atoms with Crippen LogP contribution in [0.4, 0.5) is 4.79 Å². The van der Waals surface area contributed by atoms with Crippen LogP contribution in [-0.4, -0.2) is 30.1 Å². The number of carbonyl (C=O) groups is 2. The number of hydrogen-bond acceptors (Lipinski definition) is 5. The molecule has 0 saturated heterocycles. The predicted octanol–water partition coefficient (Wildman–Crippen LogP) is 1.63. The molecule has 0 aliphatic carbocycles. The van der Waals surface area contributed by atoms with E-state index in [2.05, 4.69) is 22.5 Å². The summed E-state index contributed by atoms with van der Waals surface area (Å²) in [4.78, 5) is 28.1. The van der Waals surface area contributed by atoms with E-state index < -0.39 is 12.0 Å². The second-order valence-electron chi connectivity index (χ2n) is 3.87. The van der Waals surface area contributed by atoms with Crippen molar-refractivity contribution in [2.45, 2.75) is 33.2 Å². The van der Waals surface area contributed by atoms with E-state index in [0.717, 1.165) is 11.4 Å². The number of thiazole rings is 1. The Kier molecular flexibility index (Phi) is 6.27. The first-order valence-corrected chi connectivity index (χ1v) is 7.03. The van der Waals surface area contributed by atoms with Crippen LogP contribution in [0.15, 0.2) is 6.20 Å². The van der Waals surface area contributed by atoms with Crippen LogP contribution >= 0.6 is 11.3 Å². The van der Waals surface area contributed by atoms with Gasteiger partial charge >= 0.3 is 12.0 Å². The molecular weight excluding hydrogens is 266 g/mol. The number of urea groups is 1. The Labute approximate surface area is 116 Å². The highest BCUT2D eigenvalue weighted by Gasteiger charge is 2.13. The molecule has 1 heterocycles. The zero-order chi connectivity index (χ0) is 14.3. The molecule has 1 unspecified atom stereocenters. The summed E-state index contributed by atoms with van der Waals surface area (Å²) in [6, 6.07) is -0.596. The smallest absolute Gasteiger partial charge is 0.325 e. The molecule has 0 saturated carbocycles. The van der Waals surface area contributed by atoms with Gasteiger partial charge in [-0.2, -0.15) is 0 Å². The lowest BCUT2D eigenvalue weighted by Gasteiger charge is -2.11. The lowest BCUT2D eigenvalue weighted by molar-refractivity contribution is -0.141. The highest BCUT2D eigenvalue weighted by Crippen LogP contribution is 2.19. The summed E-state index contributed by atoms with van der Waals surface area (Å²) in [5.74, 6) is -0.451. The van der Waals surface area contributed by atoms with E-state index in [1.807, 2.05) is 13.1 Å². The number of carbonyl (C=O) groups excluding carboxylic acids is 2. The molecule has 6 nitrogen and oxygen atoms in total. The van der Waals surface area contributed by atoms with E-state index in [0.29, 0.717) is 6.61 Å². The summed E-state index contributed by atoms with van der Waals surface area (Å²) in [5.41, 5.74) is 0. The average Bonchev–Trinajstić information content (AvgIpc) is 2.85. The van der Waals surface area contributed by atoms with Crippen LogP contribution in [0.5, 0.6) is 0 Å². The monoisotopic (exact) mass is 285 g/mol. The Bertz CT molecular complexity index is 434. The molecule has 19 heavy (non-hydrogen) atoms. The minimum Gasteiger partial charge on any atom is -0.465 e. The van der Waals surface area contributed by atoms with Crippen LogP contribution in [0.3, 0.4) is 0 Å². The largest absolute Gasteiger partial charge is 0.465 e. The highest BCUT2D eigenvalue weighted by molar-refractivity contribution is 7.11. The van der Waals surface area contributed by atoms with Crippen molar-refractivity contribution in [1.29, 1.82) is 0 Å². The zero-order valence-corrected chi connectivity index (χ0v) is 12.2. The molecule has 0 fully saturated rings. The van der Waals surface area contributed by atoms with Crippen molar-refractivity contribution >= 4 is 23.3 Å². The third-order valence-electron chi connectivity index (χ3n) is 2.34. The maximum atomic E-state index is 11.6. The number of rotatable bonds is 6. The molecule has 106 valence electrons. The van der Waals surface area contributed by atoms with E-state index in [1.54, 1.807) is 18.3 Å². The van der Waals surface area contributed by atoms with Gasteiger partial charge in [0.05, 0.1) is 12.6 Å². The first-order chi connectivity index (χ1) is 9.06. The van der Waals surface area contributed by atoms with Crippen LogP contribution in [0.1, 0.15) is 36.7 Å². The van der Waals surface area contributed by atoms with Crippen LogP contribution in [0.25, 0.3) is 0 Å². The zero-order valence-electron chi connectivity index (χ0n) is 11.4. The third-order valence-corrected chi connectivity index (χ3v) is 3.66. The quantitative estimate of drug-likeness (QED) is 0.778. The molecule has 0 spiro atoms. The predicted molar refractivity (Wildman–Crippen MR) is 73.1 cm³/mol. The summed E-state index contributed by atoms with van der Waals surface area (Å²) < 4.78 is 4.71. The normalized spacial score (nSPS) is 11.7. The maximum Gasteiger partial charge on any atom is 0.325 e. The molecule has 0 radical (unpaired) electrons. The van der Waals surface area contributed by atoms with Crippen molar-refractivity contribution in [3.8, 4) is 0 Å². The summed E-state index contributed by atoms with van der Waals surface area (Å²) in [5, 5.41) is 6.01. The van der Waals surface area contributed by atoms with Crippen LogP contribution in [-0.2, 0) is 16.0 Å². The van der Waals surface area contributed by atoms with Gasteiger partial charge in [0.2, 0.25) is 0 Å². The van der Waals surface area contributed by atoms with E-state index in [1.165, 1.54) is 4.88 Å². The molecule has 0 aliphatic rings. The Morgan fingerprint density at radius 3 is 2.79 bits per heavy atom. The van der Waals surface area contributed by atoms with E-state index in [9.17, 15) is 9.59 Å². The topological polar surface area (TPSA) is 80.3 Å². The summed E-state index contributed by atoms with van der Waals surface area (Å²) in [6.45, 7) is 5.79. The maximum absolute atomic E-state index is 11.6. The molecule has 1 aromatic rings. The van der Waals surface area contributed by atoms with Gasteiger partial charge in [0.1, 0.15) is 11.6 Å². The molecule has 0 aliphatic heterocycles. The average molecular weight is 285 g/mol. The number of ether oxygens (including phenoxy) is 1. The highest BCUT2D eigenvalue weighted by atomic mass is 32.1. The van der Waals surface area contributed by atoms with Gasteiger partial charge in [-0.1, -0.05) is 6.92 Å². The molecule has 1 atom stereocenters. The lowest BCUT2D eigenvalue weighted by atomic mass is 10.3. The SMILES string of the molecule is CCOC(=O)CNC(=O)NC(C)c1ncc(CC)s1. The number of nitrogens with one attached hydrogen (secondary N) is 2. The number of aromatic nitrogens is 1. The summed E-state index contributed by atoms with van der Waals surface area (Å²) >= 11 is 1.57. The van der Waals surface area contributed by atoms with Crippen molar-refractivity contribution < 1.29 is 14.3 Å². The Hall–Kier alpha value is -1.63. The molecule has 0 bridgehead atoms. The molecule has 1 rings (SSSR count). The van der Waals surface area contributed by atoms with Crippen molar-refractivity contribution in [1.82, 2.24) is 15.6 Å². The third kappa shape index (κ3) is 5.25. The first kappa shape index (κ1) is 15.4. The van der Waals surface area contributed by atoms with E-state index >= 15 is 0 Å². The fraction of sp³-hybridized carbons (Fsp3) is 0.583. The lowest BCUT2D eigenvalue weighted by Crippen LogP contribution is -2.40. The Morgan fingerprint density at radius 2 is 2.21 bits per heavy atom. The number of amides is 2. The van der Waals surface area contributed by atoms with Gasteiger partial charge in [0.15, 0.2) is 0 Å². The van der Waals surface area contributed by atoms with Crippen molar-refractivity contribution in [2.75, 3.05) is 13.2 Å². The molecule has 7 heteroatoms. The van der Waals surface area contributed by atoms with Crippen LogP contribution in [0, 0.1) is 0 Å². The molecule has 2 amide bonds. The van der Waals surface area contributed by atoms with Crippen molar-refractivity contribution in [3.63, 3.8) is 0 Å². The molecule has 2 N–H and O–H groups in total. The first-order valence-electron chi connectivity index (χ1n) is 6.21. The van der Waals surface area contributed by atoms with Gasteiger partial charge in [0.25, 0.3) is 0 Å². The van der Waals surface area contributed by atoms with Gasteiger partial charge in [-0.05, 0) is 20.3 Å². The van der Waals surface area contributed by atoms with Gasteiger partial charge in [-0.15, -0.1) is 11.3 Å². The van der Waals surface area contributed by atoms with Crippen molar-refractivity contribution in [3.05, 3.63) is 16.1 Å². The molecule has 0 aromatic carbocycles. The van der Waals surface area contributed by atoms with Gasteiger partial charge in [-0.3, -0.25) is 4.79 Å². The van der Waals surface area contributed by atoms with E-state index in [-0.39, 0.29) is 12.6 Å². The summed E-state index contributed by atoms with van der Waals surface area (Å²) in [6.07, 6.45) is 2.74. The number of nitrogens with zero attached hydrogens (tertiary/aromatic N) is 1. The second kappa shape index (κ2) is 7.73. The standard InChI is InChI=1S/C12H19N3O3S/c1-4-9-6-13-11(19-9)8(3)15-12(17)14-7-10(16)18-5-2/h6,8H,4-5,7H2,1-3H3,(H2,14,15,17). The van der Waals surface area contributed by atoms with Crippen LogP contribution in [0.2, 0.25) is 0 Å². The van der Waals surface area contributed by atoms with Crippen molar-refractivity contribution in [2.24, 2.45) is 0 Å². The second-order valence-corrected chi connectivity index (χ2v) is 5.02. The van der Waals surface area contributed by atoms with Gasteiger partial charge in [0, 0.05) is 11.1 Å².